The Balaban J connectivity index is 2.15. The lowest BCUT2D eigenvalue weighted by Gasteiger charge is -2.21. The van der Waals surface area contributed by atoms with Crippen molar-refractivity contribution in [2.75, 3.05) is 7.11 Å². The van der Waals surface area contributed by atoms with Crippen molar-refractivity contribution in [2.24, 2.45) is 0 Å². The van der Waals surface area contributed by atoms with Gasteiger partial charge in [0.2, 0.25) is 0 Å². The van der Waals surface area contributed by atoms with E-state index in [4.69, 9.17) is 9.84 Å². The average molecular weight is 290 g/mol. The maximum Gasteiger partial charge on any atom is 0.353 e. The molecular weight excluding hydrogens is 275 g/mol. The summed E-state index contributed by atoms with van der Waals surface area (Å²) in [6, 6.07) is 2.93. The number of ether oxygens (including phenoxy) is 1. The third-order valence-electron chi connectivity index (χ3n) is 3.85. The van der Waals surface area contributed by atoms with E-state index in [0.29, 0.717) is 17.7 Å². The van der Waals surface area contributed by atoms with Crippen molar-refractivity contribution in [1.82, 2.24) is 10.2 Å². The number of hydrogen-bond donors (Lipinski definition) is 2. The van der Waals surface area contributed by atoms with Crippen molar-refractivity contribution in [1.29, 1.82) is 0 Å². The molecule has 1 aromatic heterocycles. The second-order valence-electron chi connectivity index (χ2n) is 5.08. The van der Waals surface area contributed by atoms with Crippen molar-refractivity contribution in [2.45, 2.75) is 25.7 Å². The number of hydrogen-bond acceptors (Lipinski definition) is 3. The first-order chi connectivity index (χ1) is 10.1. The summed E-state index contributed by atoms with van der Waals surface area (Å²) in [5.41, 5.74) is 2.06. The number of fused-ring (bicyclic) bond motifs is 1. The lowest BCUT2D eigenvalue weighted by atomic mass is 9.88. The molecule has 0 bridgehead atoms. The Kier molecular flexibility index (Phi) is 3.37. The lowest BCUT2D eigenvalue weighted by molar-refractivity contribution is 0.0690. The number of carboxylic acid groups (broad SMARTS) is 1. The smallest absolute Gasteiger partial charge is 0.353 e. The molecule has 0 saturated heterocycles. The number of carbonyl (C=O) groups is 1. The fraction of sp³-hybridized carbons (Fsp3) is 0.333. The molecule has 0 unspecified atom stereocenters. The Bertz CT molecular complexity index is 709. The molecule has 1 aliphatic carbocycles. The van der Waals surface area contributed by atoms with Gasteiger partial charge in [0.05, 0.1) is 12.8 Å². The van der Waals surface area contributed by atoms with Gasteiger partial charge in [0.25, 0.3) is 0 Å². The van der Waals surface area contributed by atoms with E-state index in [0.717, 1.165) is 24.8 Å². The Morgan fingerprint density at radius 2 is 2.05 bits per heavy atom. The van der Waals surface area contributed by atoms with E-state index in [-0.39, 0.29) is 22.8 Å². The van der Waals surface area contributed by atoms with Gasteiger partial charge >= 0.3 is 5.97 Å². The van der Waals surface area contributed by atoms with E-state index in [1.807, 2.05) is 0 Å². The van der Waals surface area contributed by atoms with Crippen LogP contribution in [0, 0.1) is 5.82 Å². The van der Waals surface area contributed by atoms with E-state index in [1.54, 1.807) is 13.2 Å². The number of methoxy groups -OCH3 is 1. The summed E-state index contributed by atoms with van der Waals surface area (Å²) < 4.78 is 20.1. The number of halogens is 1. The van der Waals surface area contributed by atoms with E-state index >= 15 is 0 Å². The molecule has 0 aliphatic heterocycles. The Hall–Kier alpha value is -2.37. The topological polar surface area (TPSA) is 75.2 Å². The second-order valence-corrected chi connectivity index (χ2v) is 5.08. The molecule has 5 nitrogen and oxygen atoms in total. The largest absolute Gasteiger partial charge is 0.496 e. The molecule has 0 radical (unpaired) electrons. The van der Waals surface area contributed by atoms with Crippen molar-refractivity contribution >= 4 is 5.97 Å². The number of nitrogens with zero attached hydrogens (tertiary/aromatic N) is 1. The van der Waals surface area contributed by atoms with Crippen molar-refractivity contribution in [3.05, 3.63) is 34.8 Å². The third-order valence-corrected chi connectivity index (χ3v) is 3.85. The number of benzene rings is 1. The fourth-order valence-electron chi connectivity index (χ4n) is 2.80. The first kappa shape index (κ1) is 13.6. The van der Waals surface area contributed by atoms with Gasteiger partial charge < -0.3 is 9.84 Å². The van der Waals surface area contributed by atoms with Gasteiger partial charge in [-0.25, -0.2) is 9.18 Å². The zero-order valence-corrected chi connectivity index (χ0v) is 11.6. The highest BCUT2D eigenvalue weighted by Crippen LogP contribution is 2.37. The molecule has 110 valence electrons. The summed E-state index contributed by atoms with van der Waals surface area (Å²) in [6.45, 7) is 0. The standard InChI is InChI=1S/C15H15FN2O3/c1-21-13-6-10(11-7-12(15(19)20)18-17-11)14(16)9-5-3-2-4-8(9)13/h6-7H,2-5H2,1H3,(H,17,18)(H,19,20). The minimum atomic E-state index is -1.13. The third kappa shape index (κ3) is 2.26. The molecule has 1 aromatic carbocycles. The molecule has 1 heterocycles. The van der Waals surface area contributed by atoms with Crippen LogP contribution in [0.2, 0.25) is 0 Å². The lowest BCUT2D eigenvalue weighted by Crippen LogP contribution is -2.09. The van der Waals surface area contributed by atoms with Crippen molar-refractivity contribution in [3.8, 4) is 17.0 Å². The predicted molar refractivity (Wildman–Crippen MR) is 74.1 cm³/mol. The van der Waals surface area contributed by atoms with Crippen molar-refractivity contribution in [3.63, 3.8) is 0 Å². The van der Waals surface area contributed by atoms with E-state index in [9.17, 15) is 9.18 Å². The molecule has 0 fully saturated rings. The van der Waals surface area contributed by atoms with Gasteiger partial charge in [0.1, 0.15) is 17.3 Å². The fourth-order valence-corrected chi connectivity index (χ4v) is 2.80. The second kappa shape index (κ2) is 5.20. The van der Waals surface area contributed by atoms with Crippen LogP contribution in [0.4, 0.5) is 4.39 Å². The summed E-state index contributed by atoms with van der Waals surface area (Å²) in [6.07, 6.45) is 3.43. The summed E-state index contributed by atoms with van der Waals surface area (Å²) in [4.78, 5) is 10.9. The normalized spacial score (nSPS) is 13.8. The molecule has 21 heavy (non-hydrogen) atoms. The minimum absolute atomic E-state index is 0.0684. The van der Waals surface area contributed by atoms with Crippen LogP contribution in [-0.4, -0.2) is 28.4 Å². The Labute approximate surface area is 120 Å². The number of aromatic carboxylic acids is 1. The SMILES string of the molecule is COc1cc(-c2cc(C(=O)O)[nH]n2)c(F)c2c1CCCC2. The van der Waals surface area contributed by atoms with Crippen LogP contribution < -0.4 is 4.74 Å². The number of rotatable bonds is 3. The van der Waals surface area contributed by atoms with Crippen LogP contribution in [0.3, 0.4) is 0 Å². The minimum Gasteiger partial charge on any atom is -0.496 e. The van der Waals surface area contributed by atoms with Gasteiger partial charge in [-0.1, -0.05) is 0 Å². The molecule has 0 atom stereocenters. The number of carboxylic acids is 1. The number of aromatic nitrogens is 2. The van der Waals surface area contributed by atoms with Crippen LogP contribution in [0.25, 0.3) is 11.3 Å². The molecule has 1 aliphatic rings. The molecule has 2 aromatic rings. The quantitative estimate of drug-likeness (QED) is 0.911. The highest BCUT2D eigenvalue weighted by atomic mass is 19.1. The predicted octanol–water partition coefficient (Wildman–Crippen LogP) is 2.80. The monoisotopic (exact) mass is 290 g/mol. The van der Waals surface area contributed by atoms with Crippen LogP contribution in [0.5, 0.6) is 5.75 Å². The van der Waals surface area contributed by atoms with Gasteiger partial charge in [-0.15, -0.1) is 0 Å². The molecule has 3 rings (SSSR count). The van der Waals surface area contributed by atoms with Crippen molar-refractivity contribution < 1.29 is 19.0 Å². The van der Waals surface area contributed by atoms with Gasteiger partial charge in [-0.2, -0.15) is 5.10 Å². The summed E-state index contributed by atoms with van der Waals surface area (Å²) >= 11 is 0. The van der Waals surface area contributed by atoms with Gasteiger partial charge in [0, 0.05) is 11.1 Å². The molecular formula is C15H15FN2O3. The van der Waals surface area contributed by atoms with Crippen LogP contribution in [0.1, 0.15) is 34.5 Å². The van der Waals surface area contributed by atoms with Crippen LogP contribution in [0.15, 0.2) is 12.1 Å². The van der Waals surface area contributed by atoms with E-state index < -0.39 is 5.97 Å². The van der Waals surface area contributed by atoms with E-state index in [1.165, 1.54) is 6.07 Å². The Morgan fingerprint density at radius 3 is 2.67 bits per heavy atom. The summed E-state index contributed by atoms with van der Waals surface area (Å²) in [7, 11) is 1.55. The zero-order chi connectivity index (χ0) is 15.0. The number of aromatic amines is 1. The summed E-state index contributed by atoms with van der Waals surface area (Å²) in [5, 5.41) is 15.2. The zero-order valence-electron chi connectivity index (χ0n) is 11.6. The molecule has 2 N–H and O–H groups in total. The number of nitrogens with one attached hydrogen (secondary N) is 1. The van der Waals surface area contributed by atoms with E-state index in [2.05, 4.69) is 10.2 Å². The van der Waals surface area contributed by atoms with Gasteiger partial charge in [-0.05, 0) is 43.4 Å². The average Bonchev–Trinajstić information content (AvgIpc) is 2.98. The molecule has 6 heteroatoms. The van der Waals surface area contributed by atoms with Gasteiger partial charge in [0.15, 0.2) is 0 Å². The highest BCUT2D eigenvalue weighted by molar-refractivity contribution is 5.87. The first-order valence-corrected chi connectivity index (χ1v) is 6.79. The Morgan fingerprint density at radius 1 is 1.33 bits per heavy atom. The molecule has 0 saturated carbocycles. The number of H-pyrrole nitrogens is 1. The summed E-state index contributed by atoms with van der Waals surface area (Å²) in [5.74, 6) is -0.811. The van der Waals surface area contributed by atoms with Crippen LogP contribution >= 0.6 is 0 Å². The maximum atomic E-state index is 14.7. The molecule has 0 spiro atoms. The molecule has 0 amide bonds. The van der Waals surface area contributed by atoms with Crippen LogP contribution in [-0.2, 0) is 12.8 Å². The first-order valence-electron chi connectivity index (χ1n) is 6.79. The van der Waals surface area contributed by atoms with Gasteiger partial charge in [-0.3, -0.25) is 5.10 Å². The highest BCUT2D eigenvalue weighted by Gasteiger charge is 2.23. The maximum absolute atomic E-state index is 14.7.